The Labute approximate surface area is 127 Å². The van der Waals surface area contributed by atoms with E-state index in [0.717, 1.165) is 18.4 Å². The molecule has 0 aromatic heterocycles. The largest absolute Gasteiger partial charge is 0.396 e. The van der Waals surface area contributed by atoms with Crippen molar-refractivity contribution in [3.05, 3.63) is 29.8 Å². The fourth-order valence-electron chi connectivity index (χ4n) is 2.84. The fourth-order valence-corrected chi connectivity index (χ4v) is 4.80. The second-order valence-corrected chi connectivity index (χ2v) is 8.71. The molecule has 0 bridgehead atoms. The van der Waals surface area contributed by atoms with Crippen LogP contribution in [0.1, 0.15) is 39.2 Å². The molecule has 0 amide bonds. The van der Waals surface area contributed by atoms with Gasteiger partial charge >= 0.3 is 0 Å². The Bertz CT molecular complexity index is 590. The Morgan fingerprint density at radius 2 is 1.95 bits per heavy atom. The van der Waals surface area contributed by atoms with Gasteiger partial charge in [-0.1, -0.05) is 39.0 Å². The maximum atomic E-state index is 13.0. The molecule has 0 radical (unpaired) electrons. The van der Waals surface area contributed by atoms with Crippen molar-refractivity contribution in [2.24, 2.45) is 5.92 Å². The van der Waals surface area contributed by atoms with E-state index in [2.05, 4.69) is 0 Å². The summed E-state index contributed by atoms with van der Waals surface area (Å²) < 4.78 is 27.5. The molecule has 1 aromatic carbocycles. The van der Waals surface area contributed by atoms with Gasteiger partial charge in [0.15, 0.2) is 0 Å². The molecular weight excluding hydrogens is 286 g/mol. The van der Waals surface area contributed by atoms with E-state index in [9.17, 15) is 13.5 Å². The van der Waals surface area contributed by atoms with Gasteiger partial charge < -0.3 is 5.11 Å². The van der Waals surface area contributed by atoms with Crippen LogP contribution in [0.3, 0.4) is 0 Å². The van der Waals surface area contributed by atoms with Gasteiger partial charge in [0.1, 0.15) is 0 Å². The van der Waals surface area contributed by atoms with E-state index < -0.39 is 10.0 Å². The van der Waals surface area contributed by atoms with E-state index in [1.807, 2.05) is 32.9 Å². The first-order valence-corrected chi connectivity index (χ1v) is 8.91. The summed E-state index contributed by atoms with van der Waals surface area (Å²) in [6.45, 7) is 7.07. The Kier molecular flexibility index (Phi) is 4.76. The molecule has 0 spiro atoms. The van der Waals surface area contributed by atoms with Crippen LogP contribution in [-0.2, 0) is 15.4 Å². The lowest BCUT2D eigenvalue weighted by Crippen LogP contribution is -2.41. The predicted molar refractivity (Wildman–Crippen MR) is 83.7 cm³/mol. The summed E-state index contributed by atoms with van der Waals surface area (Å²) >= 11 is 0. The van der Waals surface area contributed by atoms with Crippen molar-refractivity contribution in [1.82, 2.24) is 4.31 Å². The third-order valence-electron chi connectivity index (χ3n) is 4.05. The van der Waals surface area contributed by atoms with Crippen LogP contribution >= 0.6 is 0 Å². The van der Waals surface area contributed by atoms with E-state index >= 15 is 0 Å². The van der Waals surface area contributed by atoms with Gasteiger partial charge in [-0.25, -0.2) is 8.42 Å². The second kappa shape index (κ2) is 6.07. The van der Waals surface area contributed by atoms with Crippen molar-refractivity contribution in [1.29, 1.82) is 0 Å². The first-order chi connectivity index (χ1) is 9.76. The number of nitrogens with zero attached hydrogens (tertiary/aromatic N) is 1. The van der Waals surface area contributed by atoms with Crippen molar-refractivity contribution in [3.63, 3.8) is 0 Å². The average molecular weight is 311 g/mol. The molecule has 1 aromatic rings. The van der Waals surface area contributed by atoms with Crippen molar-refractivity contribution in [2.75, 3.05) is 19.7 Å². The summed E-state index contributed by atoms with van der Waals surface area (Å²) in [7, 11) is -3.50. The van der Waals surface area contributed by atoms with Crippen LogP contribution in [0, 0.1) is 5.92 Å². The van der Waals surface area contributed by atoms with E-state index in [1.165, 1.54) is 4.31 Å². The standard InChI is InChI=1S/C16H25NO3S/c1-16(2,3)14-8-4-5-9-15(14)21(19,20)17-10-6-7-13(11-17)12-18/h4-5,8-9,13,18H,6-7,10-12H2,1-3H3. The number of benzene rings is 1. The highest BCUT2D eigenvalue weighted by molar-refractivity contribution is 7.89. The SMILES string of the molecule is CC(C)(C)c1ccccc1S(=O)(=O)N1CCCC(CO)C1. The van der Waals surface area contributed by atoms with Gasteiger partial charge in [-0.05, 0) is 35.8 Å². The van der Waals surface area contributed by atoms with Gasteiger partial charge in [0.2, 0.25) is 10.0 Å². The Morgan fingerprint density at radius 1 is 1.29 bits per heavy atom. The lowest BCUT2D eigenvalue weighted by atomic mass is 9.87. The number of aliphatic hydroxyl groups is 1. The van der Waals surface area contributed by atoms with Gasteiger partial charge in [-0.15, -0.1) is 0 Å². The smallest absolute Gasteiger partial charge is 0.243 e. The van der Waals surface area contributed by atoms with Gasteiger partial charge in [0.25, 0.3) is 0 Å². The summed E-state index contributed by atoms with van der Waals surface area (Å²) in [5.74, 6) is 0.0512. The van der Waals surface area contributed by atoms with Crippen LogP contribution in [0.4, 0.5) is 0 Å². The number of sulfonamides is 1. The second-order valence-electron chi connectivity index (χ2n) is 6.80. The molecule has 1 aliphatic rings. The van der Waals surface area contributed by atoms with Crippen LogP contribution in [0.5, 0.6) is 0 Å². The summed E-state index contributed by atoms with van der Waals surface area (Å²) in [4.78, 5) is 0.399. The molecule has 1 N–H and O–H groups in total. The van der Waals surface area contributed by atoms with Crippen LogP contribution in [0.25, 0.3) is 0 Å². The number of aliphatic hydroxyl groups excluding tert-OH is 1. The quantitative estimate of drug-likeness (QED) is 0.932. The minimum absolute atomic E-state index is 0.0485. The monoisotopic (exact) mass is 311 g/mol. The highest BCUT2D eigenvalue weighted by atomic mass is 32.2. The third-order valence-corrected chi connectivity index (χ3v) is 5.98. The molecule has 1 unspecified atom stereocenters. The average Bonchev–Trinajstić information content (AvgIpc) is 2.46. The van der Waals surface area contributed by atoms with Gasteiger partial charge in [0.05, 0.1) is 4.90 Å². The lowest BCUT2D eigenvalue weighted by molar-refractivity contribution is 0.165. The molecular formula is C16H25NO3S. The van der Waals surface area contributed by atoms with Crippen molar-refractivity contribution in [2.45, 2.75) is 43.9 Å². The molecule has 0 aliphatic carbocycles. The summed E-state index contributed by atoms with van der Waals surface area (Å²) in [6, 6.07) is 7.24. The highest BCUT2D eigenvalue weighted by Gasteiger charge is 2.33. The van der Waals surface area contributed by atoms with Crippen LogP contribution in [0.2, 0.25) is 0 Å². The third kappa shape index (κ3) is 3.47. The normalized spacial score (nSPS) is 21.4. The lowest BCUT2D eigenvalue weighted by Gasteiger charge is -2.32. The van der Waals surface area contributed by atoms with Crippen LogP contribution in [-0.4, -0.2) is 37.5 Å². The van der Waals surface area contributed by atoms with E-state index in [4.69, 9.17) is 0 Å². The maximum Gasteiger partial charge on any atom is 0.243 e. The molecule has 1 atom stereocenters. The maximum absolute atomic E-state index is 13.0. The first-order valence-electron chi connectivity index (χ1n) is 7.47. The molecule has 1 fully saturated rings. The zero-order valence-electron chi connectivity index (χ0n) is 13.0. The molecule has 1 saturated heterocycles. The van der Waals surface area contributed by atoms with E-state index in [-0.39, 0.29) is 17.9 Å². The molecule has 4 nitrogen and oxygen atoms in total. The fraction of sp³-hybridized carbons (Fsp3) is 0.625. The molecule has 1 aliphatic heterocycles. The zero-order valence-corrected chi connectivity index (χ0v) is 13.9. The summed E-state index contributed by atoms with van der Waals surface area (Å²) in [5.41, 5.74) is 0.617. The number of hydrogen-bond acceptors (Lipinski definition) is 3. The topological polar surface area (TPSA) is 57.6 Å². The number of hydrogen-bond donors (Lipinski definition) is 1. The Hall–Kier alpha value is -0.910. The van der Waals surface area contributed by atoms with Gasteiger partial charge in [-0.3, -0.25) is 0 Å². The molecule has 1 heterocycles. The predicted octanol–water partition coefficient (Wildman–Crippen LogP) is 2.38. The molecule has 21 heavy (non-hydrogen) atoms. The summed E-state index contributed by atoms with van der Waals surface area (Å²) in [5, 5.41) is 9.31. The minimum atomic E-state index is -3.50. The number of piperidine rings is 1. The molecule has 5 heteroatoms. The van der Waals surface area contributed by atoms with Gasteiger partial charge in [-0.2, -0.15) is 4.31 Å². The van der Waals surface area contributed by atoms with Crippen LogP contribution in [0.15, 0.2) is 29.2 Å². The highest BCUT2D eigenvalue weighted by Crippen LogP contribution is 2.32. The molecule has 118 valence electrons. The zero-order chi connectivity index (χ0) is 15.7. The van der Waals surface area contributed by atoms with E-state index in [0.29, 0.717) is 18.0 Å². The molecule has 2 rings (SSSR count). The summed E-state index contributed by atoms with van der Waals surface area (Å²) in [6.07, 6.45) is 1.70. The van der Waals surface area contributed by atoms with Crippen molar-refractivity contribution in [3.8, 4) is 0 Å². The Morgan fingerprint density at radius 3 is 2.57 bits per heavy atom. The minimum Gasteiger partial charge on any atom is -0.396 e. The van der Waals surface area contributed by atoms with Crippen molar-refractivity contribution >= 4 is 10.0 Å². The van der Waals surface area contributed by atoms with Gasteiger partial charge in [0, 0.05) is 19.7 Å². The Balaban J connectivity index is 2.41. The number of rotatable bonds is 3. The van der Waals surface area contributed by atoms with E-state index in [1.54, 1.807) is 12.1 Å². The first kappa shape index (κ1) is 16.5. The van der Waals surface area contributed by atoms with Crippen molar-refractivity contribution < 1.29 is 13.5 Å². The van der Waals surface area contributed by atoms with Crippen LogP contribution < -0.4 is 0 Å². The molecule has 0 saturated carbocycles.